The summed E-state index contributed by atoms with van der Waals surface area (Å²) in [6, 6.07) is 0. The molecule has 1 aromatic rings. The Morgan fingerprint density at radius 3 is 3.00 bits per heavy atom. The molecule has 0 amide bonds. The van der Waals surface area contributed by atoms with Gasteiger partial charge in [-0.1, -0.05) is 30.1 Å². The number of hydrogen-bond donors (Lipinski definition) is 1. The fourth-order valence-electron chi connectivity index (χ4n) is 1.74. The normalized spacial score (nSPS) is 22.5. The zero-order valence-corrected chi connectivity index (χ0v) is 9.69. The van der Waals surface area contributed by atoms with Crippen LogP contribution < -0.4 is 5.32 Å². The second-order valence-corrected chi connectivity index (χ2v) is 5.47. The molecule has 1 N–H and O–H groups in total. The molecule has 1 unspecified atom stereocenters. The van der Waals surface area contributed by atoms with Gasteiger partial charge in [0.05, 0.1) is 5.02 Å². The van der Waals surface area contributed by atoms with Gasteiger partial charge in [0.25, 0.3) is 0 Å². The Morgan fingerprint density at radius 2 is 2.23 bits per heavy atom. The fraction of sp³-hybridized carbons (Fsp3) is 0.556. The van der Waals surface area contributed by atoms with E-state index in [4.69, 9.17) is 23.2 Å². The third-order valence-electron chi connectivity index (χ3n) is 2.39. The summed E-state index contributed by atoms with van der Waals surface area (Å²) in [6.45, 7) is 4.22. The topological polar surface area (TPSA) is 12.0 Å². The first-order valence-corrected chi connectivity index (χ1v) is 5.94. The van der Waals surface area contributed by atoms with Crippen molar-refractivity contribution < 1.29 is 0 Å². The van der Waals surface area contributed by atoms with Crippen LogP contribution in [-0.4, -0.2) is 13.1 Å². The van der Waals surface area contributed by atoms with Gasteiger partial charge < -0.3 is 5.32 Å². The highest BCUT2D eigenvalue weighted by Gasteiger charge is 2.22. The van der Waals surface area contributed by atoms with Gasteiger partial charge in [0, 0.05) is 11.4 Å². The predicted molar refractivity (Wildman–Crippen MR) is 59.3 cm³/mol. The first-order chi connectivity index (χ1) is 6.20. The lowest BCUT2D eigenvalue weighted by Crippen LogP contribution is -2.18. The maximum absolute atomic E-state index is 6.14. The maximum atomic E-state index is 6.14. The van der Waals surface area contributed by atoms with Gasteiger partial charge in [-0.15, -0.1) is 11.3 Å². The van der Waals surface area contributed by atoms with E-state index in [9.17, 15) is 0 Å². The molecule has 0 saturated carbocycles. The zero-order chi connectivity index (χ0) is 9.42. The molecule has 72 valence electrons. The molecule has 0 radical (unpaired) electrons. The molecule has 0 aliphatic carbocycles. The molecule has 1 atom stereocenters. The van der Waals surface area contributed by atoms with Gasteiger partial charge in [-0.05, 0) is 24.4 Å². The minimum Gasteiger partial charge on any atom is -0.316 e. The van der Waals surface area contributed by atoms with E-state index < -0.39 is 0 Å². The molecule has 0 saturated heterocycles. The summed E-state index contributed by atoms with van der Waals surface area (Å²) >= 11 is 13.8. The van der Waals surface area contributed by atoms with Crippen molar-refractivity contribution >= 4 is 34.5 Å². The predicted octanol–water partition coefficient (Wildman–Crippen LogP) is 3.30. The fourth-order valence-corrected chi connectivity index (χ4v) is 3.62. The number of halogens is 2. The van der Waals surface area contributed by atoms with E-state index in [1.807, 2.05) is 0 Å². The highest BCUT2D eigenvalue weighted by atomic mass is 35.5. The molecular weight excluding hydrogens is 225 g/mol. The Kier molecular flexibility index (Phi) is 2.84. The average molecular weight is 236 g/mol. The summed E-state index contributed by atoms with van der Waals surface area (Å²) < 4.78 is 0.750. The number of thiophene rings is 1. The van der Waals surface area contributed by atoms with Crippen LogP contribution in [-0.2, 0) is 6.42 Å². The summed E-state index contributed by atoms with van der Waals surface area (Å²) in [5, 5.41) is 4.16. The minimum atomic E-state index is 0.480. The van der Waals surface area contributed by atoms with Crippen molar-refractivity contribution in [1.82, 2.24) is 5.32 Å². The van der Waals surface area contributed by atoms with Gasteiger partial charge in [0.1, 0.15) is 4.34 Å². The summed E-state index contributed by atoms with van der Waals surface area (Å²) in [7, 11) is 0. The summed E-state index contributed by atoms with van der Waals surface area (Å²) in [5.41, 5.74) is 1.27. The van der Waals surface area contributed by atoms with Crippen LogP contribution >= 0.6 is 34.5 Å². The summed E-state index contributed by atoms with van der Waals surface area (Å²) in [6.07, 6.45) is 1.05. The van der Waals surface area contributed by atoms with Crippen LogP contribution in [0.25, 0.3) is 0 Å². The second-order valence-electron chi connectivity index (χ2n) is 3.38. The Hall–Kier alpha value is 0.240. The van der Waals surface area contributed by atoms with Crippen LogP contribution in [0.15, 0.2) is 0 Å². The van der Waals surface area contributed by atoms with E-state index in [-0.39, 0.29) is 0 Å². The van der Waals surface area contributed by atoms with Crippen molar-refractivity contribution in [2.75, 3.05) is 13.1 Å². The zero-order valence-electron chi connectivity index (χ0n) is 7.36. The third-order valence-corrected chi connectivity index (χ3v) is 4.47. The number of nitrogens with one attached hydrogen (secondary N) is 1. The van der Waals surface area contributed by atoms with Crippen molar-refractivity contribution in [1.29, 1.82) is 0 Å². The van der Waals surface area contributed by atoms with Gasteiger partial charge in [-0.25, -0.2) is 0 Å². The third kappa shape index (κ3) is 1.73. The van der Waals surface area contributed by atoms with E-state index in [1.165, 1.54) is 10.4 Å². The average Bonchev–Trinajstić information content (AvgIpc) is 2.29. The van der Waals surface area contributed by atoms with Crippen molar-refractivity contribution in [3.05, 3.63) is 19.8 Å². The minimum absolute atomic E-state index is 0.480. The van der Waals surface area contributed by atoms with E-state index >= 15 is 0 Å². The van der Waals surface area contributed by atoms with Gasteiger partial charge in [-0.2, -0.15) is 0 Å². The SMILES string of the molecule is CC1CNCCc2sc(Cl)c(Cl)c21. The van der Waals surface area contributed by atoms with Gasteiger partial charge in [0.15, 0.2) is 0 Å². The first-order valence-electron chi connectivity index (χ1n) is 4.37. The number of fused-ring (bicyclic) bond motifs is 1. The lowest BCUT2D eigenvalue weighted by molar-refractivity contribution is 0.644. The van der Waals surface area contributed by atoms with Crippen LogP contribution in [0.2, 0.25) is 9.36 Å². The van der Waals surface area contributed by atoms with Crippen LogP contribution in [0.3, 0.4) is 0 Å². The number of hydrogen-bond acceptors (Lipinski definition) is 2. The lowest BCUT2D eigenvalue weighted by Gasteiger charge is -2.08. The second kappa shape index (κ2) is 3.77. The molecule has 13 heavy (non-hydrogen) atoms. The Balaban J connectivity index is 2.48. The smallest absolute Gasteiger partial charge is 0.112 e. The molecule has 1 aliphatic rings. The van der Waals surface area contributed by atoms with E-state index in [0.29, 0.717) is 5.92 Å². The van der Waals surface area contributed by atoms with Crippen molar-refractivity contribution in [2.45, 2.75) is 19.3 Å². The Bertz CT molecular complexity index is 322. The molecule has 4 heteroatoms. The Morgan fingerprint density at radius 1 is 1.46 bits per heavy atom. The lowest BCUT2D eigenvalue weighted by atomic mass is 10.0. The highest BCUT2D eigenvalue weighted by Crippen LogP contribution is 2.41. The van der Waals surface area contributed by atoms with E-state index in [0.717, 1.165) is 28.9 Å². The van der Waals surface area contributed by atoms with Crippen molar-refractivity contribution in [2.24, 2.45) is 0 Å². The standard InChI is InChI=1S/C9H11Cl2NS/c1-5-4-12-3-2-6-7(5)8(10)9(11)13-6/h5,12H,2-4H2,1H3. The van der Waals surface area contributed by atoms with Crippen LogP contribution in [0.1, 0.15) is 23.3 Å². The van der Waals surface area contributed by atoms with Gasteiger partial charge in [-0.3, -0.25) is 0 Å². The molecule has 2 rings (SSSR count). The van der Waals surface area contributed by atoms with Crippen LogP contribution in [0.4, 0.5) is 0 Å². The summed E-state index contributed by atoms with van der Waals surface area (Å²) in [5.74, 6) is 0.480. The molecule has 1 nitrogen and oxygen atoms in total. The molecule has 1 aromatic heterocycles. The summed E-state index contributed by atoms with van der Waals surface area (Å²) in [4.78, 5) is 1.35. The monoisotopic (exact) mass is 235 g/mol. The highest BCUT2D eigenvalue weighted by molar-refractivity contribution is 7.17. The maximum Gasteiger partial charge on any atom is 0.112 e. The molecule has 1 aliphatic heterocycles. The largest absolute Gasteiger partial charge is 0.316 e. The van der Waals surface area contributed by atoms with Crippen molar-refractivity contribution in [3.63, 3.8) is 0 Å². The van der Waals surface area contributed by atoms with Gasteiger partial charge >= 0.3 is 0 Å². The van der Waals surface area contributed by atoms with Crippen LogP contribution in [0.5, 0.6) is 0 Å². The van der Waals surface area contributed by atoms with Gasteiger partial charge in [0.2, 0.25) is 0 Å². The molecule has 0 spiro atoms. The molecule has 0 fully saturated rings. The molecule has 0 aromatic carbocycles. The molecule has 2 heterocycles. The molecular formula is C9H11Cl2NS. The quantitative estimate of drug-likeness (QED) is 0.728. The van der Waals surface area contributed by atoms with E-state index in [2.05, 4.69) is 12.2 Å². The molecule has 0 bridgehead atoms. The Labute approximate surface area is 92.0 Å². The number of rotatable bonds is 0. The van der Waals surface area contributed by atoms with Crippen LogP contribution in [0, 0.1) is 0 Å². The van der Waals surface area contributed by atoms with Crippen molar-refractivity contribution in [3.8, 4) is 0 Å². The first kappa shape index (κ1) is 9.78. The van der Waals surface area contributed by atoms with E-state index in [1.54, 1.807) is 11.3 Å².